The molecule has 1 atom stereocenters. The number of amides is 1. The van der Waals surface area contributed by atoms with Gasteiger partial charge in [-0.05, 0) is 6.92 Å². The zero-order valence-corrected chi connectivity index (χ0v) is 7.75. The third kappa shape index (κ3) is 3.22. The van der Waals surface area contributed by atoms with Crippen molar-refractivity contribution in [1.82, 2.24) is 4.34 Å². The molecule has 0 aromatic heterocycles. The van der Waals surface area contributed by atoms with Crippen LogP contribution in [0.2, 0.25) is 0 Å². The molecular formula is C5H8BrN3O2. The van der Waals surface area contributed by atoms with Crippen LogP contribution in [0.5, 0.6) is 0 Å². The first-order chi connectivity index (χ1) is 5.13. The molecule has 0 spiro atoms. The van der Waals surface area contributed by atoms with E-state index in [2.05, 4.69) is 30.7 Å². The second-order valence-corrected chi connectivity index (χ2v) is 2.18. The van der Waals surface area contributed by atoms with Crippen LogP contribution in [0, 0.1) is 0 Å². The van der Waals surface area contributed by atoms with Crippen LogP contribution in [-0.4, -0.2) is 24.8 Å². The Labute approximate surface area is 72.6 Å². The molecule has 0 aliphatic heterocycles. The number of ketones is 1. The third-order valence-electron chi connectivity index (χ3n) is 0.957. The minimum atomic E-state index is -1.03. The Bertz CT molecular complexity index is 192. The smallest absolute Gasteiger partial charge is 0.264 e. The summed E-state index contributed by atoms with van der Waals surface area (Å²) in [5, 5.41) is 6.78. The molecule has 0 bridgehead atoms. The van der Waals surface area contributed by atoms with Gasteiger partial charge in [0.1, 0.15) is 0 Å². The molecule has 0 fully saturated rings. The number of carbonyl (C=O) groups is 2. The summed E-state index contributed by atoms with van der Waals surface area (Å²) in [7, 11) is 1.40. The summed E-state index contributed by atoms with van der Waals surface area (Å²) >= 11 is 2.70. The lowest BCUT2D eigenvalue weighted by molar-refractivity contribution is -0.127. The van der Waals surface area contributed by atoms with E-state index in [-0.39, 0.29) is 5.78 Å². The van der Waals surface area contributed by atoms with Crippen molar-refractivity contribution in [3.63, 3.8) is 0 Å². The van der Waals surface area contributed by atoms with Crippen molar-refractivity contribution in [2.24, 2.45) is 10.2 Å². The molecule has 0 saturated heterocycles. The van der Waals surface area contributed by atoms with E-state index in [1.165, 1.54) is 14.0 Å². The van der Waals surface area contributed by atoms with E-state index >= 15 is 0 Å². The molecule has 0 saturated carbocycles. The Morgan fingerprint density at radius 3 is 2.36 bits per heavy atom. The first kappa shape index (κ1) is 10.2. The predicted molar refractivity (Wildman–Crippen MR) is 42.3 cm³/mol. The molecule has 62 valence electrons. The maximum Gasteiger partial charge on any atom is 0.264 e. The van der Waals surface area contributed by atoms with Crippen molar-refractivity contribution in [2.75, 3.05) is 7.05 Å². The molecule has 0 heterocycles. The highest BCUT2D eigenvalue weighted by Crippen LogP contribution is 1.95. The average molecular weight is 222 g/mol. The maximum atomic E-state index is 10.8. The first-order valence-electron chi connectivity index (χ1n) is 2.83. The van der Waals surface area contributed by atoms with Gasteiger partial charge in [-0.25, -0.2) is 0 Å². The van der Waals surface area contributed by atoms with Gasteiger partial charge in [0.05, 0.1) is 0 Å². The first-order valence-corrected chi connectivity index (χ1v) is 3.62. The van der Waals surface area contributed by atoms with E-state index in [0.29, 0.717) is 0 Å². The highest BCUT2D eigenvalue weighted by molar-refractivity contribution is 9.08. The normalized spacial score (nSPS) is 13.0. The molecule has 0 aliphatic rings. The van der Waals surface area contributed by atoms with Crippen molar-refractivity contribution in [2.45, 2.75) is 13.0 Å². The Morgan fingerprint density at radius 1 is 1.55 bits per heavy atom. The van der Waals surface area contributed by atoms with Gasteiger partial charge in [0.25, 0.3) is 5.91 Å². The van der Waals surface area contributed by atoms with Crippen molar-refractivity contribution < 1.29 is 9.59 Å². The molecule has 1 N–H and O–H groups in total. The number of hydrogen-bond acceptors (Lipinski definition) is 4. The number of halogens is 1. The van der Waals surface area contributed by atoms with Crippen LogP contribution in [0.3, 0.4) is 0 Å². The zero-order valence-electron chi connectivity index (χ0n) is 6.17. The standard InChI is InChI=1S/C5H8BrN3O2/c1-3(10)4(9-7-2)5(11)8-6/h4H,1-2H3,(H,8,11). The topological polar surface area (TPSA) is 70.9 Å². The van der Waals surface area contributed by atoms with Gasteiger partial charge in [-0.3, -0.25) is 13.9 Å². The molecule has 5 nitrogen and oxygen atoms in total. The molecule has 0 aliphatic carbocycles. The van der Waals surface area contributed by atoms with Gasteiger partial charge in [0, 0.05) is 23.2 Å². The highest BCUT2D eigenvalue weighted by atomic mass is 79.9. The van der Waals surface area contributed by atoms with Crippen LogP contribution < -0.4 is 4.34 Å². The molecule has 0 radical (unpaired) electrons. The summed E-state index contributed by atoms with van der Waals surface area (Å²) in [6, 6.07) is -1.03. The molecule has 0 aromatic carbocycles. The highest BCUT2D eigenvalue weighted by Gasteiger charge is 2.21. The second-order valence-electron chi connectivity index (χ2n) is 1.79. The van der Waals surface area contributed by atoms with Crippen LogP contribution >= 0.6 is 16.1 Å². The summed E-state index contributed by atoms with van der Waals surface area (Å²) < 4.78 is 2.13. The van der Waals surface area contributed by atoms with Gasteiger partial charge in [0.2, 0.25) is 6.04 Å². The van der Waals surface area contributed by atoms with E-state index in [1.54, 1.807) is 0 Å². The Morgan fingerprint density at radius 2 is 2.09 bits per heavy atom. The van der Waals surface area contributed by atoms with E-state index in [9.17, 15) is 9.59 Å². The fourth-order valence-corrected chi connectivity index (χ4v) is 0.702. The maximum absolute atomic E-state index is 10.8. The zero-order chi connectivity index (χ0) is 8.85. The van der Waals surface area contributed by atoms with Gasteiger partial charge in [-0.2, -0.15) is 10.2 Å². The Hall–Kier alpha value is -0.780. The minimum absolute atomic E-state index is 0.340. The van der Waals surface area contributed by atoms with Gasteiger partial charge >= 0.3 is 0 Å². The molecule has 1 unspecified atom stereocenters. The fourth-order valence-electron chi connectivity index (χ4n) is 0.486. The summed E-state index contributed by atoms with van der Waals surface area (Å²) in [6.07, 6.45) is 0. The van der Waals surface area contributed by atoms with Crippen molar-refractivity contribution in [3.8, 4) is 0 Å². The Kier molecular flexibility index (Phi) is 4.60. The van der Waals surface area contributed by atoms with E-state index < -0.39 is 11.9 Å². The van der Waals surface area contributed by atoms with Gasteiger partial charge in [0.15, 0.2) is 5.78 Å². The number of Topliss-reactive ketones (excluding diaryl/α,β-unsaturated/α-hetero) is 1. The van der Waals surface area contributed by atoms with Gasteiger partial charge < -0.3 is 0 Å². The number of azo groups is 1. The van der Waals surface area contributed by atoms with Crippen molar-refractivity contribution in [3.05, 3.63) is 0 Å². The lowest BCUT2D eigenvalue weighted by Crippen LogP contribution is -2.32. The monoisotopic (exact) mass is 221 g/mol. The van der Waals surface area contributed by atoms with E-state index in [0.717, 1.165) is 0 Å². The summed E-state index contributed by atoms with van der Waals surface area (Å²) in [5.74, 6) is -0.851. The fraction of sp³-hybridized carbons (Fsp3) is 0.600. The molecule has 1 amide bonds. The average Bonchev–Trinajstić information content (AvgIpc) is 1.98. The molecule has 0 rings (SSSR count). The molecule has 11 heavy (non-hydrogen) atoms. The summed E-state index contributed by atoms with van der Waals surface area (Å²) in [4.78, 5) is 21.5. The second kappa shape index (κ2) is 4.95. The Balaban J connectivity index is 4.34. The minimum Gasteiger partial charge on any atom is -0.297 e. The SMILES string of the molecule is CN=NC(C(C)=O)C(=O)NBr. The summed E-state index contributed by atoms with van der Waals surface area (Å²) in [6.45, 7) is 1.28. The lowest BCUT2D eigenvalue weighted by atomic mass is 10.2. The van der Waals surface area contributed by atoms with Crippen LogP contribution in [0.1, 0.15) is 6.92 Å². The molecule has 0 aromatic rings. The quantitative estimate of drug-likeness (QED) is 0.427. The summed E-state index contributed by atoms with van der Waals surface area (Å²) in [5.41, 5.74) is 0. The van der Waals surface area contributed by atoms with Crippen LogP contribution in [0.25, 0.3) is 0 Å². The van der Waals surface area contributed by atoms with E-state index in [4.69, 9.17) is 0 Å². The number of nitrogens with zero attached hydrogens (tertiary/aromatic N) is 2. The van der Waals surface area contributed by atoms with Gasteiger partial charge in [-0.1, -0.05) is 0 Å². The lowest BCUT2D eigenvalue weighted by Gasteiger charge is -2.02. The predicted octanol–water partition coefficient (Wildman–Crippen LogP) is 0.452. The number of carbonyl (C=O) groups excluding carboxylic acids is 2. The molecule has 6 heteroatoms. The number of nitrogens with one attached hydrogen (secondary N) is 1. The van der Waals surface area contributed by atoms with Crippen molar-refractivity contribution >= 4 is 27.8 Å². The third-order valence-corrected chi connectivity index (χ3v) is 1.35. The van der Waals surface area contributed by atoms with E-state index in [1.807, 2.05) is 0 Å². The van der Waals surface area contributed by atoms with Crippen LogP contribution in [-0.2, 0) is 9.59 Å². The van der Waals surface area contributed by atoms with Crippen LogP contribution in [0.4, 0.5) is 0 Å². The number of hydrogen-bond donors (Lipinski definition) is 1. The van der Waals surface area contributed by atoms with Gasteiger partial charge in [-0.15, -0.1) is 0 Å². The largest absolute Gasteiger partial charge is 0.297 e. The molecular weight excluding hydrogens is 214 g/mol. The van der Waals surface area contributed by atoms with Crippen molar-refractivity contribution in [1.29, 1.82) is 0 Å². The van der Waals surface area contributed by atoms with Crippen LogP contribution in [0.15, 0.2) is 10.2 Å². The number of rotatable bonds is 3.